The first-order valence-electron chi connectivity index (χ1n) is 9.62. The van der Waals surface area contributed by atoms with Crippen molar-refractivity contribution in [2.75, 3.05) is 29.6 Å². The van der Waals surface area contributed by atoms with Gasteiger partial charge >= 0.3 is 0 Å². The van der Waals surface area contributed by atoms with Crippen LogP contribution in [0.2, 0.25) is 5.02 Å². The first-order valence-corrected chi connectivity index (χ1v) is 11.9. The zero-order chi connectivity index (χ0) is 24.1. The second-order valence-electron chi connectivity index (χ2n) is 7.85. The van der Waals surface area contributed by atoms with Crippen molar-refractivity contribution >= 4 is 38.7 Å². The van der Waals surface area contributed by atoms with Gasteiger partial charge in [-0.25, -0.2) is 26.6 Å². The minimum Gasteiger partial charge on any atom is -0.358 e. The Morgan fingerprint density at radius 1 is 1.18 bits per heavy atom. The van der Waals surface area contributed by atoms with E-state index in [-0.39, 0.29) is 32.7 Å². The molecule has 0 unspecified atom stereocenters. The molecule has 1 fully saturated rings. The fourth-order valence-electron chi connectivity index (χ4n) is 3.44. The maximum Gasteiger partial charge on any atom is 0.282 e. The first kappa shape index (κ1) is 23.1. The van der Waals surface area contributed by atoms with Crippen molar-refractivity contribution in [1.29, 1.82) is 0 Å². The van der Waals surface area contributed by atoms with Gasteiger partial charge in [-0.2, -0.15) is 0 Å². The summed E-state index contributed by atoms with van der Waals surface area (Å²) in [6.45, 7) is 0.651. The van der Waals surface area contributed by atoms with E-state index in [4.69, 9.17) is 11.6 Å². The largest absolute Gasteiger partial charge is 0.358 e. The predicted molar refractivity (Wildman–Crippen MR) is 118 cm³/mol. The van der Waals surface area contributed by atoms with E-state index in [0.717, 1.165) is 12.3 Å². The number of anilines is 2. The molecular weight excluding hydrogens is 481 g/mol. The number of nitrogens with zero attached hydrogens (tertiary/aromatic N) is 3. The molecule has 1 aromatic carbocycles. The monoisotopic (exact) mass is 498 g/mol. The molecule has 0 radical (unpaired) electrons. The summed E-state index contributed by atoms with van der Waals surface area (Å²) in [6.07, 6.45) is 3.69. The molecule has 1 aliphatic rings. The minimum atomic E-state index is -3.54. The third-order valence-corrected chi connectivity index (χ3v) is 6.39. The van der Waals surface area contributed by atoms with Gasteiger partial charge in [-0.05, 0) is 31.2 Å². The summed E-state index contributed by atoms with van der Waals surface area (Å²) in [5.41, 5.74) is 1.09. The van der Waals surface area contributed by atoms with Crippen LogP contribution >= 0.6 is 11.6 Å². The lowest BCUT2D eigenvalue weighted by Gasteiger charge is -2.40. The lowest BCUT2D eigenvalue weighted by Crippen LogP contribution is -2.56. The van der Waals surface area contributed by atoms with Gasteiger partial charge in [0.25, 0.3) is 11.8 Å². The summed E-state index contributed by atoms with van der Waals surface area (Å²) >= 11 is 5.96. The van der Waals surface area contributed by atoms with Crippen LogP contribution in [0.15, 0.2) is 47.6 Å². The van der Waals surface area contributed by atoms with E-state index >= 15 is 0 Å². The Hall–Kier alpha value is -3.05. The van der Waals surface area contributed by atoms with E-state index < -0.39 is 40.6 Å². The van der Waals surface area contributed by atoms with Gasteiger partial charge in [0.2, 0.25) is 0 Å². The fraction of sp³-hybridized carbons (Fsp3) is 0.238. The minimum absolute atomic E-state index is 0.0506. The molecule has 2 aromatic heterocycles. The Morgan fingerprint density at radius 2 is 1.88 bits per heavy atom. The molecule has 1 aliphatic heterocycles. The predicted octanol–water partition coefficient (Wildman–Crippen LogP) is 4.08. The Labute approximate surface area is 192 Å². The van der Waals surface area contributed by atoms with Crippen molar-refractivity contribution in [3.8, 4) is 5.82 Å². The molecule has 1 amide bonds. The molecule has 3 heterocycles. The molecule has 33 heavy (non-hydrogen) atoms. The molecular formula is C21H18ClF3N4O3S. The number of halogens is 4. The molecule has 3 aromatic rings. The number of hydrogen-bond acceptors (Lipinski definition) is 5. The van der Waals surface area contributed by atoms with Crippen LogP contribution in [0.1, 0.15) is 16.1 Å². The number of hydrogen-bond donors (Lipinski definition) is 1. The highest BCUT2D eigenvalue weighted by Gasteiger charge is 2.44. The quantitative estimate of drug-likeness (QED) is 0.573. The van der Waals surface area contributed by atoms with Crippen molar-refractivity contribution in [2.45, 2.75) is 17.7 Å². The zero-order valence-corrected chi connectivity index (χ0v) is 19.0. The van der Waals surface area contributed by atoms with Crippen LogP contribution in [0.3, 0.4) is 0 Å². The zero-order valence-electron chi connectivity index (χ0n) is 17.4. The number of sulfone groups is 1. The number of nitrogens with one attached hydrogen (secondary N) is 1. The Morgan fingerprint density at radius 3 is 2.48 bits per heavy atom. The van der Waals surface area contributed by atoms with Crippen LogP contribution < -0.4 is 10.2 Å². The van der Waals surface area contributed by atoms with Crippen LogP contribution in [-0.2, 0) is 9.84 Å². The average molecular weight is 499 g/mol. The summed E-state index contributed by atoms with van der Waals surface area (Å²) in [4.78, 5) is 18.0. The summed E-state index contributed by atoms with van der Waals surface area (Å²) in [5.74, 6) is -4.19. The maximum absolute atomic E-state index is 14.7. The van der Waals surface area contributed by atoms with Crippen molar-refractivity contribution in [3.63, 3.8) is 0 Å². The standard InChI is InChI=1S/C21H18ClF3N4O3S/c1-12-3-13(20(30)27-15-4-14(22)5-17(6-15)33(2,31)32)9-29(12)19-18(23)7-16(8-26-19)28-10-21(24,25)11-28/h3-9H,10-11H2,1-2H3,(H,27,30). The second-order valence-corrected chi connectivity index (χ2v) is 10.3. The second kappa shape index (κ2) is 8.07. The van der Waals surface area contributed by atoms with E-state index in [0.29, 0.717) is 5.69 Å². The number of rotatable bonds is 5. The summed E-state index contributed by atoms with van der Waals surface area (Å²) < 4.78 is 65.8. The van der Waals surface area contributed by atoms with Gasteiger partial charge in [0.1, 0.15) is 0 Å². The Balaban J connectivity index is 1.57. The highest BCUT2D eigenvalue weighted by molar-refractivity contribution is 7.90. The maximum atomic E-state index is 14.7. The number of aromatic nitrogens is 2. The van der Waals surface area contributed by atoms with Crippen molar-refractivity contribution in [3.05, 3.63) is 64.8 Å². The van der Waals surface area contributed by atoms with E-state index in [2.05, 4.69) is 10.3 Å². The molecule has 0 spiro atoms. The highest BCUT2D eigenvalue weighted by Crippen LogP contribution is 2.32. The Kier molecular flexibility index (Phi) is 5.65. The summed E-state index contributed by atoms with van der Waals surface area (Å²) in [5, 5.41) is 2.70. The summed E-state index contributed by atoms with van der Waals surface area (Å²) in [7, 11) is -3.54. The fourth-order valence-corrected chi connectivity index (χ4v) is 4.42. The third-order valence-electron chi connectivity index (χ3n) is 5.08. The third kappa shape index (κ3) is 4.83. The molecule has 12 heteroatoms. The van der Waals surface area contributed by atoms with Crippen molar-refractivity contribution in [2.24, 2.45) is 0 Å². The van der Waals surface area contributed by atoms with Crippen LogP contribution in [0.4, 0.5) is 24.5 Å². The van der Waals surface area contributed by atoms with E-state index in [1.54, 1.807) is 6.92 Å². The van der Waals surface area contributed by atoms with Crippen molar-refractivity contribution < 1.29 is 26.4 Å². The molecule has 7 nitrogen and oxygen atoms in total. The number of carbonyl (C=O) groups excluding carboxylic acids is 1. The number of benzene rings is 1. The molecule has 0 aliphatic carbocycles. The first-order chi connectivity index (χ1) is 15.3. The van der Waals surface area contributed by atoms with Crippen LogP contribution in [0.25, 0.3) is 5.82 Å². The smallest absolute Gasteiger partial charge is 0.282 e. The van der Waals surface area contributed by atoms with Gasteiger partial charge in [0, 0.05) is 34.9 Å². The van der Waals surface area contributed by atoms with Gasteiger partial charge in [0.05, 0.1) is 35.4 Å². The molecule has 0 bridgehead atoms. The normalized spacial score (nSPS) is 15.3. The van der Waals surface area contributed by atoms with Gasteiger partial charge in [-0.1, -0.05) is 11.6 Å². The average Bonchev–Trinajstić information content (AvgIpc) is 3.06. The number of pyridine rings is 1. The number of aryl methyl sites for hydroxylation is 1. The van der Waals surface area contributed by atoms with Crippen LogP contribution in [-0.4, -0.2) is 49.1 Å². The Bertz CT molecular complexity index is 1370. The van der Waals surface area contributed by atoms with Gasteiger partial charge in [-0.15, -0.1) is 0 Å². The molecule has 4 rings (SSSR count). The molecule has 1 saturated heterocycles. The number of alkyl halides is 2. The summed E-state index contributed by atoms with van der Waals surface area (Å²) in [6, 6.07) is 6.57. The van der Waals surface area contributed by atoms with Gasteiger partial charge < -0.3 is 14.8 Å². The van der Waals surface area contributed by atoms with E-state index in [1.165, 1.54) is 46.1 Å². The highest BCUT2D eigenvalue weighted by atomic mass is 35.5. The SMILES string of the molecule is Cc1cc(C(=O)Nc2cc(Cl)cc(S(C)(=O)=O)c2)cn1-c1ncc(N2CC(F)(F)C2)cc1F. The van der Waals surface area contributed by atoms with Gasteiger partial charge in [-0.3, -0.25) is 4.79 Å². The van der Waals surface area contributed by atoms with Crippen molar-refractivity contribution in [1.82, 2.24) is 9.55 Å². The lowest BCUT2D eigenvalue weighted by atomic mass is 10.1. The molecule has 174 valence electrons. The van der Waals surface area contributed by atoms with E-state index in [1.807, 2.05) is 0 Å². The molecule has 0 saturated carbocycles. The lowest BCUT2D eigenvalue weighted by molar-refractivity contribution is -0.0263. The number of amides is 1. The van der Waals surface area contributed by atoms with E-state index in [9.17, 15) is 26.4 Å². The molecule has 0 atom stereocenters. The number of carbonyl (C=O) groups is 1. The van der Waals surface area contributed by atoms with Crippen LogP contribution in [0.5, 0.6) is 0 Å². The van der Waals surface area contributed by atoms with Crippen LogP contribution in [0, 0.1) is 12.7 Å². The van der Waals surface area contributed by atoms with Gasteiger partial charge in [0.15, 0.2) is 21.5 Å². The molecule has 1 N–H and O–H groups in total. The topological polar surface area (TPSA) is 84.3 Å².